The lowest BCUT2D eigenvalue weighted by atomic mass is 9.86. The third kappa shape index (κ3) is 3.01. The van der Waals surface area contributed by atoms with Crippen LogP contribution in [0.25, 0.3) is 5.69 Å². The predicted octanol–water partition coefficient (Wildman–Crippen LogP) is 3.50. The summed E-state index contributed by atoms with van der Waals surface area (Å²) in [5.74, 6) is 1.25. The highest BCUT2D eigenvalue weighted by atomic mass is 19.1. The van der Waals surface area contributed by atoms with Gasteiger partial charge in [0.25, 0.3) is 0 Å². The highest BCUT2D eigenvalue weighted by Crippen LogP contribution is 2.42. The predicted molar refractivity (Wildman–Crippen MR) is 98.2 cm³/mol. The summed E-state index contributed by atoms with van der Waals surface area (Å²) in [6, 6.07) is 11.5. The Morgan fingerprint density at radius 1 is 1.11 bits per heavy atom. The molecule has 7 heteroatoms. The van der Waals surface area contributed by atoms with Crippen molar-refractivity contribution in [3.8, 4) is 17.2 Å². The largest absolute Gasteiger partial charge is 0.497 e. The molecule has 4 rings (SSSR count). The molecule has 0 bridgehead atoms. The van der Waals surface area contributed by atoms with Crippen molar-refractivity contribution in [3.63, 3.8) is 0 Å². The summed E-state index contributed by atoms with van der Waals surface area (Å²) >= 11 is 0. The number of benzene rings is 2. The number of anilines is 1. The number of methoxy groups -OCH3 is 2. The number of halogens is 1. The molecule has 0 unspecified atom stereocenters. The molecule has 1 amide bonds. The lowest BCUT2D eigenvalue weighted by molar-refractivity contribution is -0.116. The summed E-state index contributed by atoms with van der Waals surface area (Å²) in [4.78, 5) is 12.4. The first-order valence-electron chi connectivity index (χ1n) is 8.46. The number of nitrogens with zero attached hydrogens (tertiary/aromatic N) is 2. The Hall–Kier alpha value is -3.35. The SMILES string of the molecule is COc1ccc(OC)c([C@@H]2CC(=O)Nc3c2cnn3-c2ccc(F)cc2)c1. The summed E-state index contributed by atoms with van der Waals surface area (Å²) in [6.07, 6.45) is 1.99. The zero-order valence-electron chi connectivity index (χ0n) is 14.9. The van der Waals surface area contributed by atoms with Gasteiger partial charge in [-0.25, -0.2) is 9.07 Å². The number of nitrogens with one attached hydrogen (secondary N) is 1. The zero-order valence-corrected chi connectivity index (χ0v) is 14.9. The summed E-state index contributed by atoms with van der Waals surface area (Å²) in [6.45, 7) is 0. The van der Waals surface area contributed by atoms with Crippen LogP contribution in [0.3, 0.4) is 0 Å². The third-order valence-corrected chi connectivity index (χ3v) is 4.70. The summed E-state index contributed by atoms with van der Waals surface area (Å²) < 4.78 is 25.7. The number of ether oxygens (including phenoxy) is 2. The molecular weight excluding hydrogens is 349 g/mol. The van der Waals surface area contributed by atoms with E-state index >= 15 is 0 Å². The number of carbonyl (C=O) groups excluding carboxylic acids is 1. The van der Waals surface area contributed by atoms with Gasteiger partial charge in [0.05, 0.1) is 26.1 Å². The molecule has 2 aromatic carbocycles. The third-order valence-electron chi connectivity index (χ3n) is 4.70. The molecule has 2 heterocycles. The molecule has 0 saturated heterocycles. The van der Waals surface area contributed by atoms with Crippen LogP contribution in [-0.2, 0) is 4.79 Å². The number of aromatic nitrogens is 2. The van der Waals surface area contributed by atoms with Gasteiger partial charge >= 0.3 is 0 Å². The molecule has 1 atom stereocenters. The summed E-state index contributed by atoms with van der Waals surface area (Å²) in [5.41, 5.74) is 2.38. The number of hydrogen-bond acceptors (Lipinski definition) is 4. The molecular formula is C20H18FN3O3. The lowest BCUT2D eigenvalue weighted by Gasteiger charge is -2.25. The van der Waals surface area contributed by atoms with Crippen molar-refractivity contribution in [2.75, 3.05) is 19.5 Å². The first-order valence-corrected chi connectivity index (χ1v) is 8.46. The van der Waals surface area contributed by atoms with Crippen LogP contribution in [-0.4, -0.2) is 29.9 Å². The molecule has 0 fully saturated rings. The van der Waals surface area contributed by atoms with Gasteiger partial charge in [-0.05, 0) is 42.5 Å². The Bertz CT molecular complexity index is 998. The fraction of sp³-hybridized carbons (Fsp3) is 0.200. The van der Waals surface area contributed by atoms with E-state index in [1.807, 2.05) is 18.2 Å². The van der Waals surface area contributed by atoms with E-state index < -0.39 is 0 Å². The standard InChI is InChI=1S/C20H18FN3O3/c1-26-14-7-8-18(27-2)16(9-14)15-10-19(25)23-20-17(15)11-22-24(20)13-5-3-12(21)4-6-13/h3-9,11,15H,10H2,1-2H3,(H,23,25)/t15-/m0/s1. The van der Waals surface area contributed by atoms with E-state index in [9.17, 15) is 9.18 Å². The number of amides is 1. The maximum Gasteiger partial charge on any atom is 0.226 e. The molecule has 1 N–H and O–H groups in total. The van der Waals surface area contributed by atoms with E-state index in [1.54, 1.807) is 37.2 Å². The van der Waals surface area contributed by atoms with Crippen LogP contribution in [0, 0.1) is 5.82 Å². The Morgan fingerprint density at radius 3 is 2.59 bits per heavy atom. The lowest BCUT2D eigenvalue weighted by Crippen LogP contribution is -2.24. The molecule has 1 aromatic heterocycles. The van der Waals surface area contributed by atoms with E-state index in [4.69, 9.17) is 9.47 Å². The second-order valence-corrected chi connectivity index (χ2v) is 6.25. The monoisotopic (exact) mass is 367 g/mol. The van der Waals surface area contributed by atoms with E-state index in [-0.39, 0.29) is 24.1 Å². The molecule has 6 nitrogen and oxygen atoms in total. The van der Waals surface area contributed by atoms with Gasteiger partial charge in [-0.2, -0.15) is 5.10 Å². The van der Waals surface area contributed by atoms with E-state index in [0.717, 1.165) is 11.1 Å². The van der Waals surface area contributed by atoms with Gasteiger partial charge in [-0.3, -0.25) is 4.79 Å². The molecule has 0 aliphatic carbocycles. The van der Waals surface area contributed by atoms with Crippen LogP contribution in [0.2, 0.25) is 0 Å². The highest BCUT2D eigenvalue weighted by Gasteiger charge is 2.32. The van der Waals surface area contributed by atoms with Crippen LogP contribution in [0.15, 0.2) is 48.7 Å². The Morgan fingerprint density at radius 2 is 1.89 bits per heavy atom. The number of rotatable bonds is 4. The zero-order chi connectivity index (χ0) is 19.0. The molecule has 27 heavy (non-hydrogen) atoms. The van der Waals surface area contributed by atoms with Gasteiger partial charge in [-0.1, -0.05) is 0 Å². The Balaban J connectivity index is 1.83. The first kappa shape index (κ1) is 17.1. The summed E-state index contributed by atoms with van der Waals surface area (Å²) in [5, 5.41) is 7.30. The van der Waals surface area contributed by atoms with Gasteiger partial charge < -0.3 is 14.8 Å². The maximum absolute atomic E-state index is 13.2. The molecule has 1 aliphatic heterocycles. The van der Waals surface area contributed by atoms with Crippen LogP contribution in [0.5, 0.6) is 11.5 Å². The highest BCUT2D eigenvalue weighted by molar-refractivity contribution is 5.94. The van der Waals surface area contributed by atoms with Crippen LogP contribution in [0.1, 0.15) is 23.5 Å². The van der Waals surface area contributed by atoms with Gasteiger partial charge in [0, 0.05) is 23.5 Å². The van der Waals surface area contributed by atoms with Crippen LogP contribution >= 0.6 is 0 Å². The van der Waals surface area contributed by atoms with Gasteiger partial charge in [-0.15, -0.1) is 0 Å². The second kappa shape index (κ2) is 6.75. The smallest absolute Gasteiger partial charge is 0.226 e. The minimum Gasteiger partial charge on any atom is -0.497 e. The van der Waals surface area contributed by atoms with E-state index in [2.05, 4.69) is 10.4 Å². The fourth-order valence-electron chi connectivity index (χ4n) is 3.39. The van der Waals surface area contributed by atoms with E-state index in [1.165, 1.54) is 12.1 Å². The van der Waals surface area contributed by atoms with Crippen molar-refractivity contribution in [1.29, 1.82) is 0 Å². The summed E-state index contributed by atoms with van der Waals surface area (Å²) in [7, 11) is 3.19. The maximum atomic E-state index is 13.2. The Kier molecular flexibility index (Phi) is 4.27. The average molecular weight is 367 g/mol. The van der Waals surface area contributed by atoms with Crippen molar-refractivity contribution in [3.05, 3.63) is 65.6 Å². The van der Waals surface area contributed by atoms with Crippen molar-refractivity contribution in [2.24, 2.45) is 0 Å². The van der Waals surface area contributed by atoms with Crippen molar-refractivity contribution in [2.45, 2.75) is 12.3 Å². The normalized spacial score (nSPS) is 15.8. The Labute approximate surface area is 155 Å². The van der Waals surface area contributed by atoms with E-state index in [0.29, 0.717) is 23.0 Å². The van der Waals surface area contributed by atoms with Crippen molar-refractivity contribution < 1.29 is 18.7 Å². The van der Waals surface area contributed by atoms with Crippen LogP contribution < -0.4 is 14.8 Å². The second-order valence-electron chi connectivity index (χ2n) is 6.25. The van der Waals surface area contributed by atoms with Gasteiger partial charge in [0.1, 0.15) is 23.1 Å². The minimum atomic E-state index is -0.331. The molecule has 0 spiro atoms. The number of hydrogen-bond donors (Lipinski definition) is 1. The van der Waals surface area contributed by atoms with Gasteiger partial charge in [0.15, 0.2) is 0 Å². The molecule has 1 aliphatic rings. The van der Waals surface area contributed by atoms with Crippen molar-refractivity contribution in [1.82, 2.24) is 9.78 Å². The fourth-order valence-corrected chi connectivity index (χ4v) is 3.39. The topological polar surface area (TPSA) is 65.4 Å². The minimum absolute atomic E-state index is 0.124. The number of carbonyl (C=O) groups is 1. The quantitative estimate of drug-likeness (QED) is 0.766. The molecule has 0 radical (unpaired) electrons. The molecule has 3 aromatic rings. The first-order chi connectivity index (χ1) is 13.1. The number of fused-ring (bicyclic) bond motifs is 1. The molecule has 0 saturated carbocycles. The molecule has 138 valence electrons. The van der Waals surface area contributed by atoms with Crippen molar-refractivity contribution >= 4 is 11.7 Å². The van der Waals surface area contributed by atoms with Gasteiger partial charge in [0.2, 0.25) is 5.91 Å². The average Bonchev–Trinajstić information content (AvgIpc) is 3.11. The van der Waals surface area contributed by atoms with Crippen LogP contribution in [0.4, 0.5) is 10.2 Å².